The van der Waals surface area contributed by atoms with E-state index in [1.807, 2.05) is 6.92 Å². The molecule has 0 radical (unpaired) electrons. The monoisotopic (exact) mass is 256 g/mol. The normalized spacial score (nSPS) is 10.7. The van der Waals surface area contributed by atoms with Crippen molar-refractivity contribution in [3.05, 3.63) is 47.3 Å². The van der Waals surface area contributed by atoms with E-state index >= 15 is 0 Å². The van der Waals surface area contributed by atoms with Gasteiger partial charge in [0.1, 0.15) is 18.0 Å². The van der Waals surface area contributed by atoms with Gasteiger partial charge in [-0.05, 0) is 24.0 Å². The summed E-state index contributed by atoms with van der Waals surface area (Å²) in [4.78, 5) is 8.15. The first-order valence-electron chi connectivity index (χ1n) is 6.47. The van der Waals surface area contributed by atoms with Gasteiger partial charge in [0.15, 0.2) is 0 Å². The summed E-state index contributed by atoms with van der Waals surface area (Å²) in [6, 6.07) is 8.62. The van der Waals surface area contributed by atoms with Crippen molar-refractivity contribution >= 4 is 11.6 Å². The van der Waals surface area contributed by atoms with Gasteiger partial charge < -0.3 is 11.1 Å². The SMILES string of the molecule is Cc1c(N)ncnc1NCc1ccc(C(C)C)cc1. The van der Waals surface area contributed by atoms with Gasteiger partial charge in [-0.15, -0.1) is 0 Å². The minimum Gasteiger partial charge on any atom is -0.383 e. The van der Waals surface area contributed by atoms with Gasteiger partial charge in [0.05, 0.1) is 0 Å². The van der Waals surface area contributed by atoms with E-state index < -0.39 is 0 Å². The van der Waals surface area contributed by atoms with Crippen LogP contribution in [0.2, 0.25) is 0 Å². The van der Waals surface area contributed by atoms with Crippen molar-refractivity contribution in [3.63, 3.8) is 0 Å². The number of rotatable bonds is 4. The third kappa shape index (κ3) is 3.22. The van der Waals surface area contributed by atoms with Crippen LogP contribution >= 0.6 is 0 Å². The lowest BCUT2D eigenvalue weighted by Gasteiger charge is -2.10. The summed E-state index contributed by atoms with van der Waals surface area (Å²) < 4.78 is 0. The van der Waals surface area contributed by atoms with Crippen molar-refractivity contribution in [2.75, 3.05) is 11.1 Å². The van der Waals surface area contributed by atoms with Crippen LogP contribution in [0.5, 0.6) is 0 Å². The van der Waals surface area contributed by atoms with Crippen LogP contribution < -0.4 is 11.1 Å². The molecule has 0 fully saturated rings. The molecule has 4 heteroatoms. The molecule has 1 heterocycles. The standard InChI is InChI=1S/C15H20N4/c1-10(2)13-6-4-12(5-7-13)8-17-15-11(3)14(16)18-9-19-15/h4-7,9-10H,8H2,1-3H3,(H3,16,17,18,19). The molecule has 100 valence electrons. The molecule has 4 nitrogen and oxygen atoms in total. The second-order valence-corrected chi connectivity index (χ2v) is 4.98. The quantitative estimate of drug-likeness (QED) is 0.882. The summed E-state index contributed by atoms with van der Waals surface area (Å²) in [5, 5.41) is 3.29. The van der Waals surface area contributed by atoms with Crippen LogP contribution in [-0.2, 0) is 6.54 Å². The van der Waals surface area contributed by atoms with Crippen LogP contribution in [0.25, 0.3) is 0 Å². The molecule has 0 aliphatic heterocycles. The number of nitrogens with one attached hydrogen (secondary N) is 1. The maximum Gasteiger partial charge on any atom is 0.134 e. The van der Waals surface area contributed by atoms with Crippen LogP contribution in [0.4, 0.5) is 11.6 Å². The van der Waals surface area contributed by atoms with Gasteiger partial charge >= 0.3 is 0 Å². The molecule has 19 heavy (non-hydrogen) atoms. The van der Waals surface area contributed by atoms with Crippen LogP contribution in [0.3, 0.4) is 0 Å². The largest absolute Gasteiger partial charge is 0.383 e. The number of benzene rings is 1. The predicted octanol–water partition coefficient (Wildman–Crippen LogP) is 3.10. The fourth-order valence-corrected chi connectivity index (χ4v) is 1.85. The number of hydrogen-bond donors (Lipinski definition) is 2. The molecule has 1 aromatic heterocycles. The van der Waals surface area contributed by atoms with Gasteiger partial charge in [0, 0.05) is 12.1 Å². The minimum absolute atomic E-state index is 0.521. The van der Waals surface area contributed by atoms with Crippen LogP contribution in [0.1, 0.15) is 36.5 Å². The molecular formula is C15H20N4. The molecule has 0 atom stereocenters. The lowest BCUT2D eigenvalue weighted by molar-refractivity contribution is 0.865. The Morgan fingerprint density at radius 3 is 2.47 bits per heavy atom. The van der Waals surface area contributed by atoms with Gasteiger partial charge in [-0.2, -0.15) is 0 Å². The Hall–Kier alpha value is -2.10. The molecule has 0 unspecified atom stereocenters. The summed E-state index contributed by atoms with van der Waals surface area (Å²) in [7, 11) is 0. The molecular weight excluding hydrogens is 236 g/mol. The second-order valence-electron chi connectivity index (χ2n) is 4.98. The van der Waals surface area contributed by atoms with Crippen LogP contribution in [-0.4, -0.2) is 9.97 Å². The Bertz CT molecular complexity index is 547. The van der Waals surface area contributed by atoms with Gasteiger partial charge in [-0.1, -0.05) is 38.1 Å². The topological polar surface area (TPSA) is 63.8 Å². The van der Waals surface area contributed by atoms with Gasteiger partial charge in [-0.25, -0.2) is 9.97 Å². The molecule has 0 amide bonds. The Labute approximate surface area is 114 Å². The highest BCUT2D eigenvalue weighted by atomic mass is 15.0. The van der Waals surface area contributed by atoms with Crippen molar-refractivity contribution in [2.45, 2.75) is 33.2 Å². The fourth-order valence-electron chi connectivity index (χ4n) is 1.85. The molecule has 3 N–H and O–H groups in total. The molecule has 0 saturated heterocycles. The third-order valence-corrected chi connectivity index (χ3v) is 3.23. The van der Waals surface area contributed by atoms with E-state index in [2.05, 4.69) is 53.4 Å². The summed E-state index contributed by atoms with van der Waals surface area (Å²) >= 11 is 0. The average molecular weight is 256 g/mol. The first kappa shape index (κ1) is 13.3. The zero-order chi connectivity index (χ0) is 13.8. The summed E-state index contributed by atoms with van der Waals surface area (Å²) in [5.74, 6) is 1.87. The molecule has 2 aromatic rings. The maximum atomic E-state index is 5.75. The summed E-state index contributed by atoms with van der Waals surface area (Å²) in [6.45, 7) is 7.04. The van der Waals surface area contributed by atoms with E-state index in [4.69, 9.17) is 5.73 Å². The van der Waals surface area contributed by atoms with E-state index in [1.54, 1.807) is 0 Å². The van der Waals surface area contributed by atoms with Gasteiger partial charge in [0.25, 0.3) is 0 Å². The molecule has 2 rings (SSSR count). The fraction of sp³-hybridized carbons (Fsp3) is 0.333. The first-order valence-corrected chi connectivity index (χ1v) is 6.47. The average Bonchev–Trinajstić information content (AvgIpc) is 2.41. The Balaban J connectivity index is 2.04. The van der Waals surface area contributed by atoms with Crippen molar-refractivity contribution in [1.82, 2.24) is 9.97 Å². The van der Waals surface area contributed by atoms with Crippen molar-refractivity contribution in [1.29, 1.82) is 0 Å². The van der Waals surface area contributed by atoms with Crippen molar-refractivity contribution < 1.29 is 0 Å². The van der Waals surface area contributed by atoms with Crippen molar-refractivity contribution in [2.24, 2.45) is 0 Å². The summed E-state index contributed by atoms with van der Waals surface area (Å²) in [5.41, 5.74) is 9.22. The molecule has 1 aromatic carbocycles. The number of nitrogen functional groups attached to an aromatic ring is 1. The first-order chi connectivity index (χ1) is 9.08. The lowest BCUT2D eigenvalue weighted by Crippen LogP contribution is -2.06. The highest BCUT2D eigenvalue weighted by molar-refractivity contribution is 5.53. The second kappa shape index (κ2) is 5.69. The van der Waals surface area contributed by atoms with E-state index in [1.165, 1.54) is 17.5 Å². The minimum atomic E-state index is 0.521. The Morgan fingerprint density at radius 2 is 1.84 bits per heavy atom. The molecule has 0 saturated carbocycles. The number of nitrogens with zero attached hydrogens (tertiary/aromatic N) is 2. The number of aromatic nitrogens is 2. The van der Waals surface area contributed by atoms with Gasteiger partial charge in [-0.3, -0.25) is 0 Å². The van der Waals surface area contributed by atoms with Crippen LogP contribution in [0.15, 0.2) is 30.6 Å². The van der Waals surface area contributed by atoms with E-state index in [-0.39, 0.29) is 0 Å². The van der Waals surface area contributed by atoms with E-state index in [9.17, 15) is 0 Å². The molecule has 0 aliphatic rings. The Morgan fingerprint density at radius 1 is 1.16 bits per heavy atom. The van der Waals surface area contributed by atoms with Crippen LogP contribution in [0, 0.1) is 6.92 Å². The molecule has 0 aliphatic carbocycles. The smallest absolute Gasteiger partial charge is 0.134 e. The van der Waals surface area contributed by atoms with Gasteiger partial charge in [0.2, 0.25) is 0 Å². The third-order valence-electron chi connectivity index (χ3n) is 3.23. The molecule has 0 bridgehead atoms. The van der Waals surface area contributed by atoms with Crippen molar-refractivity contribution in [3.8, 4) is 0 Å². The van der Waals surface area contributed by atoms with E-state index in [0.717, 1.165) is 17.9 Å². The number of anilines is 2. The zero-order valence-corrected chi connectivity index (χ0v) is 11.6. The number of nitrogens with two attached hydrogens (primary N) is 1. The van der Waals surface area contributed by atoms with E-state index in [0.29, 0.717) is 11.7 Å². The molecule has 0 spiro atoms. The summed E-state index contributed by atoms with van der Waals surface area (Å²) in [6.07, 6.45) is 1.48. The highest BCUT2D eigenvalue weighted by Crippen LogP contribution is 2.17. The maximum absolute atomic E-state index is 5.75. The highest BCUT2D eigenvalue weighted by Gasteiger charge is 2.04. The lowest BCUT2D eigenvalue weighted by atomic mass is 10.0. The predicted molar refractivity (Wildman–Crippen MR) is 79.0 cm³/mol. The Kier molecular flexibility index (Phi) is 4.00. The number of hydrogen-bond acceptors (Lipinski definition) is 4. The zero-order valence-electron chi connectivity index (χ0n) is 11.6.